The molecule has 0 radical (unpaired) electrons. The maximum atomic E-state index is 13.2. The largest absolute Gasteiger partial charge is 1.00 e. The summed E-state index contributed by atoms with van der Waals surface area (Å²) < 4.78 is 79.4. The fraction of sp³-hybridized carbons (Fsp3) is 0.125. The second-order valence-electron chi connectivity index (χ2n) is 9.64. The van der Waals surface area contributed by atoms with Crippen LogP contribution < -0.4 is 24.8 Å². The first kappa shape index (κ1) is 31.3. The molecule has 2 atom stereocenters. The van der Waals surface area contributed by atoms with Crippen LogP contribution in [0.5, 0.6) is 0 Å². The molecular formula is C32H20Cl2F6Zr. The molecule has 208 valence electrons. The zero-order chi connectivity index (χ0) is 27.4. The zero-order valence-corrected chi connectivity index (χ0v) is 25.0. The minimum atomic E-state index is -4.41. The smallest absolute Gasteiger partial charge is 1.00 e. The predicted molar refractivity (Wildman–Crippen MR) is 137 cm³/mol. The summed E-state index contributed by atoms with van der Waals surface area (Å²) in [5.74, 6) is 0. The second kappa shape index (κ2) is 12.0. The molecule has 4 aromatic rings. The Balaban J connectivity index is 0.00000194. The summed E-state index contributed by atoms with van der Waals surface area (Å²) in [7, 11) is 0. The van der Waals surface area contributed by atoms with Gasteiger partial charge in [-0.1, -0.05) is 0 Å². The Morgan fingerprint density at radius 3 is 1.15 bits per heavy atom. The molecule has 41 heavy (non-hydrogen) atoms. The van der Waals surface area contributed by atoms with Gasteiger partial charge in [-0.2, -0.15) is 0 Å². The fourth-order valence-electron chi connectivity index (χ4n) is 5.38. The zero-order valence-electron chi connectivity index (χ0n) is 21.1. The quantitative estimate of drug-likeness (QED) is 0.289. The van der Waals surface area contributed by atoms with Crippen LogP contribution in [-0.4, -0.2) is 0 Å². The third-order valence-corrected chi connectivity index (χ3v) is 12.0. The normalized spacial score (nSPS) is 17.3. The minimum Gasteiger partial charge on any atom is -1.00 e. The van der Waals surface area contributed by atoms with Crippen molar-refractivity contribution >= 4 is 23.3 Å². The molecule has 0 saturated heterocycles. The van der Waals surface area contributed by atoms with Crippen LogP contribution in [0.2, 0.25) is 0 Å². The molecule has 0 aromatic heterocycles. The Morgan fingerprint density at radius 1 is 0.463 bits per heavy atom. The van der Waals surface area contributed by atoms with Crippen LogP contribution >= 0.6 is 0 Å². The topological polar surface area (TPSA) is 0 Å². The van der Waals surface area contributed by atoms with Gasteiger partial charge in [-0.15, -0.1) is 0 Å². The molecule has 0 amide bonds. The summed E-state index contributed by atoms with van der Waals surface area (Å²) in [6, 6.07) is 26.7. The van der Waals surface area contributed by atoms with Crippen molar-refractivity contribution in [1.29, 1.82) is 0 Å². The van der Waals surface area contributed by atoms with E-state index in [4.69, 9.17) is 0 Å². The van der Waals surface area contributed by atoms with E-state index in [0.717, 1.165) is 68.8 Å². The molecule has 0 heterocycles. The number of halogens is 8. The van der Waals surface area contributed by atoms with E-state index in [9.17, 15) is 26.3 Å². The third-order valence-electron chi connectivity index (χ3n) is 7.28. The average molecular weight is 681 g/mol. The first-order chi connectivity index (χ1) is 18.6. The Kier molecular flexibility index (Phi) is 9.13. The Hall–Kier alpha value is -2.60. The van der Waals surface area contributed by atoms with Crippen molar-refractivity contribution < 1.29 is 74.4 Å². The van der Waals surface area contributed by atoms with Crippen LogP contribution in [0, 0.1) is 0 Å². The predicted octanol–water partition coefficient (Wildman–Crippen LogP) is 3.71. The maximum Gasteiger partial charge on any atom is -1.00 e. The van der Waals surface area contributed by atoms with E-state index in [1.807, 2.05) is 36.4 Å². The Labute approximate surface area is 257 Å². The van der Waals surface area contributed by atoms with Crippen LogP contribution in [0.1, 0.15) is 51.8 Å². The molecule has 0 spiro atoms. The molecule has 0 N–H and O–H groups in total. The van der Waals surface area contributed by atoms with Crippen molar-refractivity contribution in [3.8, 4) is 0 Å². The first-order valence-corrected chi connectivity index (χ1v) is 15.2. The van der Waals surface area contributed by atoms with Gasteiger partial charge in [0.25, 0.3) is 0 Å². The van der Waals surface area contributed by atoms with Crippen LogP contribution in [0.4, 0.5) is 26.3 Å². The summed E-state index contributed by atoms with van der Waals surface area (Å²) in [5.41, 5.74) is 6.61. The van der Waals surface area contributed by atoms with E-state index >= 15 is 0 Å². The van der Waals surface area contributed by atoms with Gasteiger partial charge in [0.2, 0.25) is 0 Å². The van der Waals surface area contributed by atoms with E-state index in [1.165, 1.54) is 0 Å². The van der Waals surface area contributed by atoms with Crippen molar-refractivity contribution in [3.63, 3.8) is 0 Å². The SMILES string of the molecule is FC(F)(F)c1ccc(C2=Cc3ccccc3[CH]2[Zr+2][CH]2C(c3ccc(C(F)(F)F)cc3)=Cc3ccccc32)cc1.[Cl-].[Cl-]. The van der Waals surface area contributed by atoms with Gasteiger partial charge in [-0.05, 0) is 0 Å². The van der Waals surface area contributed by atoms with Crippen LogP contribution in [0.3, 0.4) is 0 Å². The number of hydrogen-bond acceptors (Lipinski definition) is 0. The van der Waals surface area contributed by atoms with Gasteiger partial charge in [-0.3, -0.25) is 0 Å². The van der Waals surface area contributed by atoms with Crippen molar-refractivity contribution in [2.75, 3.05) is 0 Å². The second-order valence-corrected chi connectivity index (χ2v) is 13.3. The minimum absolute atomic E-state index is 0. The van der Waals surface area contributed by atoms with Crippen molar-refractivity contribution in [2.45, 2.75) is 19.6 Å². The van der Waals surface area contributed by atoms with E-state index in [-0.39, 0.29) is 32.1 Å². The van der Waals surface area contributed by atoms with Crippen LogP contribution in [0.15, 0.2) is 97.1 Å². The van der Waals surface area contributed by atoms with Crippen molar-refractivity contribution in [3.05, 3.63) is 142 Å². The maximum absolute atomic E-state index is 13.2. The van der Waals surface area contributed by atoms with E-state index in [2.05, 4.69) is 24.3 Å². The Bertz CT molecular complexity index is 1480. The van der Waals surface area contributed by atoms with Gasteiger partial charge in [0.15, 0.2) is 0 Å². The van der Waals surface area contributed by atoms with Gasteiger partial charge in [-0.25, -0.2) is 0 Å². The molecule has 4 aromatic carbocycles. The first-order valence-electron chi connectivity index (χ1n) is 12.3. The Morgan fingerprint density at radius 2 is 0.805 bits per heavy atom. The summed E-state index contributed by atoms with van der Waals surface area (Å²) >= 11 is -1.47. The number of benzene rings is 4. The van der Waals surface area contributed by atoms with Gasteiger partial charge < -0.3 is 24.8 Å². The third kappa shape index (κ3) is 6.14. The van der Waals surface area contributed by atoms with E-state index in [1.54, 1.807) is 24.3 Å². The van der Waals surface area contributed by atoms with E-state index < -0.39 is 46.7 Å². The molecule has 0 nitrogen and oxygen atoms in total. The molecule has 2 aliphatic rings. The van der Waals surface area contributed by atoms with Gasteiger partial charge >= 0.3 is 234 Å². The molecule has 0 saturated carbocycles. The fourth-order valence-corrected chi connectivity index (χ4v) is 10.5. The monoisotopic (exact) mass is 678 g/mol. The molecule has 0 aliphatic heterocycles. The number of rotatable bonds is 4. The average Bonchev–Trinajstić information content (AvgIpc) is 3.47. The molecule has 0 fully saturated rings. The summed E-state index contributed by atoms with van der Waals surface area (Å²) in [6.07, 6.45) is -4.66. The molecule has 2 unspecified atom stereocenters. The molecule has 6 rings (SSSR count). The molecule has 9 heteroatoms. The number of fused-ring (bicyclic) bond motifs is 2. The number of hydrogen-bond donors (Lipinski definition) is 0. The van der Waals surface area contributed by atoms with Crippen molar-refractivity contribution in [2.24, 2.45) is 0 Å². The van der Waals surface area contributed by atoms with Gasteiger partial charge in [0.1, 0.15) is 0 Å². The van der Waals surface area contributed by atoms with Crippen molar-refractivity contribution in [1.82, 2.24) is 0 Å². The van der Waals surface area contributed by atoms with E-state index in [0.29, 0.717) is 0 Å². The van der Waals surface area contributed by atoms with Gasteiger partial charge in [0, 0.05) is 0 Å². The number of alkyl halides is 6. The summed E-state index contributed by atoms with van der Waals surface area (Å²) in [4.78, 5) is 0. The van der Waals surface area contributed by atoms with Crippen LogP contribution in [-0.2, 0) is 35.6 Å². The van der Waals surface area contributed by atoms with Crippen LogP contribution in [0.25, 0.3) is 23.3 Å². The van der Waals surface area contributed by atoms with Gasteiger partial charge in [0.05, 0.1) is 0 Å². The summed E-state index contributed by atoms with van der Waals surface area (Å²) in [6.45, 7) is 0. The standard InChI is InChI=1S/2C16H10F3.2ClH.Zr/c2*17-16(18,19)15-7-5-11(6-8-15)14-9-12-3-1-2-4-13(12)10-14;;;/h2*1-10H;2*1H;/q;;;;+2/p-2. The molecular weight excluding hydrogens is 660 g/mol. The molecule has 2 aliphatic carbocycles. The summed E-state index contributed by atoms with van der Waals surface area (Å²) in [5, 5.41) is 0. The molecule has 0 bridgehead atoms. The number of allylic oxidation sites excluding steroid dienone is 2.